The van der Waals surface area contributed by atoms with Gasteiger partial charge in [0.2, 0.25) is 5.91 Å². The Balaban J connectivity index is 2.02. The van der Waals surface area contributed by atoms with E-state index in [-0.39, 0.29) is 17.0 Å². The van der Waals surface area contributed by atoms with Gasteiger partial charge >= 0.3 is 11.9 Å². The minimum Gasteiger partial charge on any atom is -0.466 e. The summed E-state index contributed by atoms with van der Waals surface area (Å²) in [6, 6.07) is 7.49. The van der Waals surface area contributed by atoms with Crippen molar-refractivity contribution < 1.29 is 23.9 Å². The van der Waals surface area contributed by atoms with E-state index in [1.807, 2.05) is 49.9 Å². The zero-order valence-corrected chi connectivity index (χ0v) is 17.7. The maximum atomic E-state index is 12.4. The number of rotatable bonds is 5. The first-order valence-electron chi connectivity index (χ1n) is 9.45. The molecule has 1 heterocycles. The average Bonchev–Trinajstić information content (AvgIpc) is 2.72. The van der Waals surface area contributed by atoms with E-state index >= 15 is 0 Å². The van der Waals surface area contributed by atoms with Crippen LogP contribution in [0.15, 0.2) is 36.0 Å². The van der Waals surface area contributed by atoms with E-state index in [0.29, 0.717) is 18.8 Å². The number of methoxy groups -OCH3 is 2. The number of nitrogens with one attached hydrogen (secondary N) is 1. The Hall–Kier alpha value is -3.03. The summed E-state index contributed by atoms with van der Waals surface area (Å²) in [5.41, 5.74) is 1.28. The van der Waals surface area contributed by atoms with Gasteiger partial charge < -0.3 is 24.6 Å². The first-order valence-corrected chi connectivity index (χ1v) is 9.45. The quantitative estimate of drug-likeness (QED) is 0.594. The van der Waals surface area contributed by atoms with Gasteiger partial charge in [-0.25, -0.2) is 9.59 Å². The highest BCUT2D eigenvalue weighted by molar-refractivity contribution is 5.98. The topological polar surface area (TPSA) is 88.2 Å². The molecule has 1 aliphatic heterocycles. The third-order valence-electron chi connectivity index (χ3n) is 4.59. The predicted octanol–water partition coefficient (Wildman–Crippen LogP) is 2.02. The molecule has 1 aromatic carbocycles. The minimum atomic E-state index is -0.667. The molecule has 2 rings (SSSR count). The highest BCUT2D eigenvalue weighted by atomic mass is 16.5. The van der Waals surface area contributed by atoms with Crippen molar-refractivity contribution in [1.29, 1.82) is 0 Å². The number of amides is 1. The number of ether oxygens (including phenoxy) is 2. The summed E-state index contributed by atoms with van der Waals surface area (Å²) < 4.78 is 9.24. The summed E-state index contributed by atoms with van der Waals surface area (Å²) in [7, 11) is 2.47. The van der Waals surface area contributed by atoms with Gasteiger partial charge in [-0.1, -0.05) is 20.8 Å². The lowest BCUT2D eigenvalue weighted by molar-refractivity contribution is -0.139. The molecule has 0 spiro atoms. The van der Waals surface area contributed by atoms with Gasteiger partial charge in [0.1, 0.15) is 5.70 Å². The maximum Gasteiger partial charge on any atom is 0.354 e. The van der Waals surface area contributed by atoms with Crippen molar-refractivity contribution in [3.8, 4) is 0 Å². The van der Waals surface area contributed by atoms with Crippen LogP contribution in [0.1, 0.15) is 20.8 Å². The Morgan fingerprint density at radius 3 is 2.03 bits per heavy atom. The van der Waals surface area contributed by atoms with Crippen molar-refractivity contribution in [3.63, 3.8) is 0 Å². The molecular formula is C21H29N3O5. The molecular weight excluding hydrogens is 374 g/mol. The SMILES string of the molecule is COC(=O)/C=C(/Nc1ccc(N2CCN(C(=O)C(C)(C)C)CC2)cc1)C(=O)OC. The molecule has 0 unspecified atom stereocenters. The van der Waals surface area contributed by atoms with Gasteiger partial charge in [0, 0.05) is 43.0 Å². The van der Waals surface area contributed by atoms with Gasteiger partial charge in [-0.05, 0) is 24.3 Å². The van der Waals surface area contributed by atoms with E-state index in [9.17, 15) is 14.4 Å². The third-order valence-corrected chi connectivity index (χ3v) is 4.59. The van der Waals surface area contributed by atoms with Crippen LogP contribution in [0.5, 0.6) is 0 Å². The van der Waals surface area contributed by atoms with Gasteiger partial charge in [0.15, 0.2) is 0 Å². The monoisotopic (exact) mass is 403 g/mol. The van der Waals surface area contributed by atoms with Gasteiger partial charge in [0.25, 0.3) is 0 Å². The normalized spacial score (nSPS) is 15.0. The largest absolute Gasteiger partial charge is 0.466 e. The zero-order chi connectivity index (χ0) is 21.6. The van der Waals surface area contributed by atoms with Crippen LogP contribution in [0.4, 0.5) is 11.4 Å². The third kappa shape index (κ3) is 5.97. The second-order valence-electron chi connectivity index (χ2n) is 7.77. The Labute approximate surface area is 171 Å². The fourth-order valence-corrected chi connectivity index (χ4v) is 2.99. The van der Waals surface area contributed by atoms with Crippen molar-refractivity contribution in [3.05, 3.63) is 36.0 Å². The van der Waals surface area contributed by atoms with Gasteiger partial charge in [-0.3, -0.25) is 4.79 Å². The fraction of sp³-hybridized carbons (Fsp3) is 0.476. The molecule has 1 N–H and O–H groups in total. The molecule has 1 amide bonds. The first kappa shape index (κ1) is 22.3. The number of hydrogen-bond donors (Lipinski definition) is 1. The zero-order valence-electron chi connectivity index (χ0n) is 17.7. The number of hydrogen-bond acceptors (Lipinski definition) is 7. The van der Waals surface area contributed by atoms with E-state index in [1.165, 1.54) is 14.2 Å². The number of piperazine rings is 1. The van der Waals surface area contributed by atoms with Crippen LogP contribution in [-0.2, 0) is 23.9 Å². The van der Waals surface area contributed by atoms with Crippen molar-refractivity contribution in [2.75, 3.05) is 50.6 Å². The van der Waals surface area contributed by atoms with Crippen LogP contribution in [0.2, 0.25) is 0 Å². The van der Waals surface area contributed by atoms with E-state index in [1.54, 1.807) is 0 Å². The van der Waals surface area contributed by atoms with Crippen LogP contribution in [-0.4, -0.2) is 63.1 Å². The van der Waals surface area contributed by atoms with Crippen LogP contribution in [0.25, 0.3) is 0 Å². The van der Waals surface area contributed by atoms with Gasteiger partial charge in [-0.15, -0.1) is 0 Å². The molecule has 158 valence electrons. The van der Waals surface area contributed by atoms with Crippen molar-refractivity contribution in [2.24, 2.45) is 5.41 Å². The second-order valence-corrected chi connectivity index (χ2v) is 7.77. The molecule has 0 aliphatic carbocycles. The Kier molecular flexibility index (Phi) is 7.25. The number of carbonyl (C=O) groups is 3. The van der Waals surface area contributed by atoms with Gasteiger partial charge in [-0.2, -0.15) is 0 Å². The van der Waals surface area contributed by atoms with E-state index < -0.39 is 11.9 Å². The van der Waals surface area contributed by atoms with Crippen molar-refractivity contribution >= 4 is 29.2 Å². The Morgan fingerprint density at radius 2 is 1.55 bits per heavy atom. The van der Waals surface area contributed by atoms with E-state index in [0.717, 1.165) is 24.9 Å². The Bertz CT molecular complexity index is 773. The van der Waals surface area contributed by atoms with Crippen LogP contribution in [0, 0.1) is 5.41 Å². The highest BCUT2D eigenvalue weighted by Gasteiger charge is 2.29. The molecule has 1 aromatic rings. The molecule has 1 fully saturated rings. The number of anilines is 2. The van der Waals surface area contributed by atoms with E-state index in [2.05, 4.69) is 19.7 Å². The second kappa shape index (κ2) is 9.45. The van der Waals surface area contributed by atoms with Crippen LogP contribution < -0.4 is 10.2 Å². The molecule has 8 nitrogen and oxygen atoms in total. The van der Waals surface area contributed by atoms with Crippen LogP contribution >= 0.6 is 0 Å². The maximum absolute atomic E-state index is 12.4. The smallest absolute Gasteiger partial charge is 0.354 e. The highest BCUT2D eigenvalue weighted by Crippen LogP contribution is 2.23. The molecule has 0 aromatic heterocycles. The number of benzene rings is 1. The number of nitrogens with zero attached hydrogens (tertiary/aromatic N) is 2. The summed E-state index contributed by atoms with van der Waals surface area (Å²) in [5, 5.41) is 2.88. The first-order chi connectivity index (χ1) is 13.7. The van der Waals surface area contributed by atoms with Crippen molar-refractivity contribution in [1.82, 2.24) is 4.90 Å². The average molecular weight is 403 g/mol. The number of esters is 2. The summed E-state index contributed by atoms with van der Waals surface area (Å²) in [6.45, 7) is 8.68. The minimum absolute atomic E-state index is 0.0126. The predicted molar refractivity (Wildman–Crippen MR) is 110 cm³/mol. The molecule has 8 heteroatoms. The number of carbonyl (C=O) groups excluding carboxylic acids is 3. The van der Waals surface area contributed by atoms with E-state index in [4.69, 9.17) is 0 Å². The Morgan fingerprint density at radius 1 is 0.966 bits per heavy atom. The summed E-state index contributed by atoms with van der Waals surface area (Å²) in [4.78, 5) is 39.8. The molecule has 0 bridgehead atoms. The lowest BCUT2D eigenvalue weighted by atomic mass is 9.94. The van der Waals surface area contributed by atoms with Crippen LogP contribution in [0.3, 0.4) is 0 Å². The fourth-order valence-electron chi connectivity index (χ4n) is 2.99. The molecule has 0 atom stereocenters. The summed E-state index contributed by atoms with van der Waals surface area (Å²) >= 11 is 0. The summed E-state index contributed by atoms with van der Waals surface area (Å²) in [5.74, 6) is -1.15. The molecule has 0 saturated carbocycles. The lowest BCUT2D eigenvalue weighted by Gasteiger charge is -2.38. The van der Waals surface area contributed by atoms with Gasteiger partial charge in [0.05, 0.1) is 20.3 Å². The van der Waals surface area contributed by atoms with Crippen molar-refractivity contribution in [2.45, 2.75) is 20.8 Å². The lowest BCUT2D eigenvalue weighted by Crippen LogP contribution is -2.51. The standard InChI is InChI=1S/C21H29N3O5/c1-21(2,3)20(27)24-12-10-23(11-13-24)16-8-6-15(7-9-16)22-17(19(26)29-5)14-18(25)28-4/h6-9,14,22H,10-13H2,1-5H3/b17-14+. The molecule has 1 aliphatic rings. The summed E-state index contributed by atoms with van der Waals surface area (Å²) in [6.07, 6.45) is 1.05. The molecule has 1 saturated heterocycles. The molecule has 0 radical (unpaired) electrons. The molecule has 29 heavy (non-hydrogen) atoms.